The van der Waals surface area contributed by atoms with Gasteiger partial charge in [0.05, 0.1) is 0 Å². The van der Waals surface area contributed by atoms with Gasteiger partial charge in [0, 0.05) is 11.4 Å². The molecule has 0 saturated carbocycles. The Hall–Kier alpha value is -2.13. The second-order valence-corrected chi connectivity index (χ2v) is 5.14. The summed E-state index contributed by atoms with van der Waals surface area (Å²) in [5.41, 5.74) is 2.42. The van der Waals surface area contributed by atoms with E-state index in [-0.39, 0.29) is 6.42 Å². The van der Waals surface area contributed by atoms with Gasteiger partial charge in [0.25, 0.3) is 0 Å². The van der Waals surface area contributed by atoms with Gasteiger partial charge in [0.15, 0.2) is 0 Å². The number of hydrogen-bond acceptors (Lipinski definition) is 2. The Morgan fingerprint density at radius 2 is 1.50 bits per heavy atom. The maximum Gasteiger partial charge on any atom is 0.372 e. The van der Waals surface area contributed by atoms with E-state index < -0.39 is 11.8 Å². The average Bonchev–Trinajstić information content (AvgIpc) is 2.54. The summed E-state index contributed by atoms with van der Waals surface area (Å²) in [6.45, 7) is 1.91. The normalized spacial score (nSPS) is 9.55. The number of carbonyl (C=O) groups excluding carboxylic acids is 1. The van der Waals surface area contributed by atoms with Crippen LogP contribution >= 0.6 is 11.6 Å². The molecular formula is C18H19ClO3. The van der Waals surface area contributed by atoms with Crippen LogP contribution in [0.3, 0.4) is 0 Å². The lowest BCUT2D eigenvalue weighted by molar-refractivity contribution is -0.149. The van der Waals surface area contributed by atoms with E-state index >= 15 is 0 Å². The molecule has 2 rings (SSSR count). The van der Waals surface area contributed by atoms with Gasteiger partial charge in [-0.15, -0.1) is 0 Å². The number of ketones is 1. The molecule has 0 unspecified atom stereocenters. The average molecular weight is 319 g/mol. The third-order valence-corrected chi connectivity index (χ3v) is 3.20. The molecule has 2 aromatic carbocycles. The van der Waals surface area contributed by atoms with Crippen LogP contribution in [0, 0.1) is 0 Å². The van der Waals surface area contributed by atoms with Crippen LogP contribution in [-0.2, 0) is 9.59 Å². The van der Waals surface area contributed by atoms with Crippen molar-refractivity contribution >= 4 is 23.4 Å². The second-order valence-electron chi connectivity index (χ2n) is 4.70. The molecule has 0 aliphatic heterocycles. The van der Waals surface area contributed by atoms with Crippen LogP contribution in [0.4, 0.5) is 0 Å². The SMILES string of the molecule is CCCCC(=O)C(=O)O.Clc1ccc(-c2ccccc2)cc1. The number of benzene rings is 2. The van der Waals surface area contributed by atoms with Gasteiger partial charge in [-0.3, -0.25) is 4.79 Å². The van der Waals surface area contributed by atoms with Gasteiger partial charge < -0.3 is 5.11 Å². The maximum atomic E-state index is 10.3. The molecule has 0 atom stereocenters. The van der Waals surface area contributed by atoms with Crippen molar-refractivity contribution in [1.82, 2.24) is 0 Å². The summed E-state index contributed by atoms with van der Waals surface area (Å²) in [4.78, 5) is 20.2. The van der Waals surface area contributed by atoms with Crippen LogP contribution in [0.25, 0.3) is 11.1 Å². The van der Waals surface area contributed by atoms with E-state index in [1.54, 1.807) is 0 Å². The van der Waals surface area contributed by atoms with Crippen molar-refractivity contribution in [2.45, 2.75) is 26.2 Å². The maximum absolute atomic E-state index is 10.3. The Balaban J connectivity index is 0.000000239. The zero-order valence-corrected chi connectivity index (χ0v) is 13.2. The summed E-state index contributed by atoms with van der Waals surface area (Å²) in [7, 11) is 0. The number of rotatable bonds is 5. The fourth-order valence-corrected chi connectivity index (χ4v) is 1.84. The molecule has 0 fully saturated rings. The van der Waals surface area contributed by atoms with Crippen LogP contribution < -0.4 is 0 Å². The minimum Gasteiger partial charge on any atom is -0.476 e. The van der Waals surface area contributed by atoms with Crippen LogP contribution in [0.2, 0.25) is 5.02 Å². The quantitative estimate of drug-likeness (QED) is 0.803. The Morgan fingerprint density at radius 3 is 2.00 bits per heavy atom. The number of carboxylic acid groups (broad SMARTS) is 1. The molecule has 0 aliphatic rings. The zero-order valence-electron chi connectivity index (χ0n) is 12.5. The minimum absolute atomic E-state index is 0.172. The van der Waals surface area contributed by atoms with Crippen molar-refractivity contribution < 1.29 is 14.7 Å². The van der Waals surface area contributed by atoms with Crippen molar-refractivity contribution in [3.05, 3.63) is 59.6 Å². The van der Waals surface area contributed by atoms with Gasteiger partial charge in [-0.2, -0.15) is 0 Å². The Bertz CT molecular complexity index is 591. The first kappa shape index (κ1) is 17.9. The van der Waals surface area contributed by atoms with Crippen LogP contribution in [0.15, 0.2) is 54.6 Å². The lowest BCUT2D eigenvalue weighted by Gasteiger charge is -2.00. The number of halogens is 1. The Kier molecular flexibility index (Phi) is 7.94. The highest BCUT2D eigenvalue weighted by atomic mass is 35.5. The van der Waals surface area contributed by atoms with Gasteiger partial charge in [-0.25, -0.2) is 4.79 Å². The van der Waals surface area contributed by atoms with Crippen molar-refractivity contribution in [2.75, 3.05) is 0 Å². The van der Waals surface area contributed by atoms with E-state index in [0.29, 0.717) is 6.42 Å². The smallest absolute Gasteiger partial charge is 0.372 e. The van der Waals surface area contributed by atoms with Gasteiger partial charge in [-0.1, -0.05) is 67.4 Å². The molecule has 0 aliphatic carbocycles. The van der Waals surface area contributed by atoms with E-state index in [9.17, 15) is 9.59 Å². The van der Waals surface area contributed by atoms with Crippen LogP contribution in [0.5, 0.6) is 0 Å². The first-order valence-corrected chi connectivity index (χ1v) is 7.49. The number of unbranched alkanes of at least 4 members (excludes halogenated alkanes) is 1. The van der Waals surface area contributed by atoms with E-state index in [1.807, 2.05) is 49.4 Å². The number of carboxylic acids is 1. The van der Waals surface area contributed by atoms with Crippen molar-refractivity contribution in [3.63, 3.8) is 0 Å². The lowest BCUT2D eigenvalue weighted by Crippen LogP contribution is -2.11. The van der Waals surface area contributed by atoms with Gasteiger partial charge >= 0.3 is 5.97 Å². The van der Waals surface area contributed by atoms with E-state index in [1.165, 1.54) is 11.1 Å². The molecule has 0 radical (unpaired) electrons. The first-order valence-electron chi connectivity index (χ1n) is 7.11. The zero-order chi connectivity index (χ0) is 16.4. The summed E-state index contributed by atoms with van der Waals surface area (Å²) in [6, 6.07) is 18.1. The van der Waals surface area contributed by atoms with Crippen molar-refractivity contribution in [1.29, 1.82) is 0 Å². The number of aliphatic carboxylic acids is 1. The molecule has 4 heteroatoms. The largest absolute Gasteiger partial charge is 0.476 e. The topological polar surface area (TPSA) is 54.4 Å². The van der Waals surface area contributed by atoms with Crippen molar-refractivity contribution in [2.24, 2.45) is 0 Å². The minimum atomic E-state index is -1.32. The molecule has 0 amide bonds. The lowest BCUT2D eigenvalue weighted by atomic mass is 10.1. The highest BCUT2D eigenvalue weighted by Crippen LogP contribution is 2.20. The standard InChI is InChI=1S/C12H9Cl.C6H10O3/c13-12-8-6-11(7-9-12)10-4-2-1-3-5-10;1-2-3-4-5(7)6(8)9/h1-9H;2-4H2,1H3,(H,8,9). The molecule has 0 saturated heterocycles. The number of carbonyl (C=O) groups is 2. The summed E-state index contributed by atoms with van der Waals surface area (Å²) < 4.78 is 0. The highest BCUT2D eigenvalue weighted by Gasteiger charge is 2.08. The molecular weight excluding hydrogens is 300 g/mol. The molecule has 0 bridgehead atoms. The summed E-state index contributed by atoms with van der Waals surface area (Å²) in [5, 5.41) is 8.84. The van der Waals surface area contributed by atoms with Gasteiger partial charge in [0.1, 0.15) is 0 Å². The van der Waals surface area contributed by atoms with E-state index in [2.05, 4.69) is 12.1 Å². The highest BCUT2D eigenvalue weighted by molar-refractivity contribution is 6.32. The molecule has 3 nitrogen and oxygen atoms in total. The van der Waals surface area contributed by atoms with E-state index in [4.69, 9.17) is 16.7 Å². The second kappa shape index (κ2) is 9.74. The molecule has 22 heavy (non-hydrogen) atoms. The molecule has 0 heterocycles. The fraction of sp³-hybridized carbons (Fsp3) is 0.222. The predicted octanol–water partition coefficient (Wildman–Crippen LogP) is 4.84. The predicted molar refractivity (Wildman–Crippen MR) is 89.1 cm³/mol. The van der Waals surface area contributed by atoms with Crippen molar-refractivity contribution in [3.8, 4) is 11.1 Å². The van der Waals surface area contributed by atoms with Gasteiger partial charge in [0.2, 0.25) is 5.78 Å². The number of Topliss-reactive ketones (excluding diaryl/α,β-unsaturated/α-hetero) is 1. The van der Waals surface area contributed by atoms with Crippen LogP contribution in [-0.4, -0.2) is 16.9 Å². The fourth-order valence-electron chi connectivity index (χ4n) is 1.72. The third kappa shape index (κ3) is 6.55. The number of hydrogen-bond donors (Lipinski definition) is 1. The summed E-state index contributed by atoms with van der Waals surface area (Å²) in [6.07, 6.45) is 1.70. The molecule has 0 spiro atoms. The van der Waals surface area contributed by atoms with Gasteiger partial charge in [-0.05, 0) is 29.7 Å². The Morgan fingerprint density at radius 1 is 0.955 bits per heavy atom. The molecule has 2 aromatic rings. The first-order chi connectivity index (χ1) is 10.5. The Labute approximate surface area is 135 Å². The van der Waals surface area contributed by atoms with Crippen LogP contribution in [0.1, 0.15) is 26.2 Å². The molecule has 0 aromatic heterocycles. The monoisotopic (exact) mass is 318 g/mol. The summed E-state index contributed by atoms with van der Waals surface area (Å²) in [5.74, 6) is -2.00. The molecule has 116 valence electrons. The molecule has 1 N–H and O–H groups in total. The summed E-state index contributed by atoms with van der Waals surface area (Å²) >= 11 is 5.80. The van der Waals surface area contributed by atoms with E-state index in [0.717, 1.165) is 11.4 Å². The third-order valence-electron chi connectivity index (χ3n) is 2.95.